The van der Waals surface area contributed by atoms with Crippen LogP contribution in [0.25, 0.3) is 0 Å². The van der Waals surface area contributed by atoms with Crippen LogP contribution in [0.4, 0.5) is 0 Å². The molecule has 0 heterocycles. The van der Waals surface area contributed by atoms with Crippen molar-refractivity contribution in [3.05, 3.63) is 27.7 Å². The molecule has 102 valence electrons. The molecule has 1 aromatic rings. The van der Waals surface area contributed by atoms with Crippen molar-refractivity contribution < 1.29 is 13.5 Å². The van der Waals surface area contributed by atoms with Gasteiger partial charge in [0.2, 0.25) is 10.0 Å². The lowest BCUT2D eigenvalue weighted by atomic mass is 10.1. The van der Waals surface area contributed by atoms with Crippen LogP contribution in [0.3, 0.4) is 0 Å². The minimum Gasteiger partial charge on any atom is -0.396 e. The van der Waals surface area contributed by atoms with Gasteiger partial charge in [-0.15, -0.1) is 0 Å². The molecule has 0 spiro atoms. The van der Waals surface area contributed by atoms with E-state index in [2.05, 4.69) is 20.7 Å². The van der Waals surface area contributed by atoms with E-state index in [1.165, 1.54) is 12.1 Å². The monoisotopic (exact) mass is 355 g/mol. The first-order valence-electron chi connectivity index (χ1n) is 5.42. The lowest BCUT2D eigenvalue weighted by Crippen LogP contribution is -2.29. The van der Waals surface area contributed by atoms with Crippen molar-refractivity contribution in [2.75, 3.05) is 13.2 Å². The molecular weight excluding hydrogens is 342 g/mol. The zero-order chi connectivity index (χ0) is 13.8. The van der Waals surface area contributed by atoms with Gasteiger partial charge in [-0.2, -0.15) is 0 Å². The van der Waals surface area contributed by atoms with Crippen molar-refractivity contribution in [2.24, 2.45) is 5.92 Å². The summed E-state index contributed by atoms with van der Waals surface area (Å²) in [6.07, 6.45) is 0.552. The van der Waals surface area contributed by atoms with E-state index in [9.17, 15) is 8.42 Å². The number of halogens is 2. The Kier molecular flexibility index (Phi) is 6.07. The van der Waals surface area contributed by atoms with Crippen LogP contribution in [-0.2, 0) is 10.0 Å². The molecule has 2 N–H and O–H groups in total. The molecule has 0 radical (unpaired) electrons. The number of sulfonamides is 1. The summed E-state index contributed by atoms with van der Waals surface area (Å²) in [5, 5.41) is 8.93. The number of aliphatic hydroxyl groups is 1. The second-order valence-corrected chi connectivity index (χ2v) is 7.10. The maximum atomic E-state index is 12.0. The molecule has 0 fully saturated rings. The third-order valence-corrected chi connectivity index (χ3v) is 4.83. The van der Waals surface area contributed by atoms with E-state index in [0.717, 1.165) is 4.47 Å². The molecule has 1 rings (SSSR count). The Hall–Kier alpha value is -0.140. The zero-order valence-corrected chi connectivity index (χ0v) is 13.0. The number of hydrogen-bond acceptors (Lipinski definition) is 3. The highest BCUT2D eigenvalue weighted by atomic mass is 79.9. The third kappa shape index (κ3) is 4.51. The van der Waals surface area contributed by atoms with Crippen molar-refractivity contribution in [2.45, 2.75) is 18.2 Å². The van der Waals surface area contributed by atoms with Crippen LogP contribution in [0.15, 0.2) is 27.6 Å². The van der Waals surface area contributed by atoms with E-state index in [1.807, 2.05) is 6.92 Å². The fraction of sp³-hybridized carbons (Fsp3) is 0.455. The Morgan fingerprint density at radius 3 is 2.72 bits per heavy atom. The van der Waals surface area contributed by atoms with Crippen molar-refractivity contribution in [1.82, 2.24) is 4.72 Å². The first-order chi connectivity index (χ1) is 8.36. The Bertz CT molecular complexity index is 507. The molecule has 1 aromatic carbocycles. The summed E-state index contributed by atoms with van der Waals surface area (Å²) in [4.78, 5) is 0.0589. The van der Waals surface area contributed by atoms with Crippen LogP contribution in [0, 0.1) is 5.92 Å². The second-order valence-electron chi connectivity index (χ2n) is 4.04. The highest BCUT2D eigenvalue weighted by Crippen LogP contribution is 2.25. The van der Waals surface area contributed by atoms with Gasteiger partial charge in [-0.3, -0.25) is 0 Å². The molecule has 7 heteroatoms. The van der Waals surface area contributed by atoms with Gasteiger partial charge in [-0.05, 0) is 30.5 Å². The van der Waals surface area contributed by atoms with Gasteiger partial charge in [0.05, 0.1) is 5.02 Å². The van der Waals surface area contributed by atoms with Crippen molar-refractivity contribution in [3.63, 3.8) is 0 Å². The summed E-state index contributed by atoms with van der Waals surface area (Å²) in [6.45, 7) is 2.18. The molecule has 4 nitrogen and oxygen atoms in total. The topological polar surface area (TPSA) is 66.4 Å². The largest absolute Gasteiger partial charge is 0.396 e. The van der Waals surface area contributed by atoms with Gasteiger partial charge >= 0.3 is 0 Å². The molecule has 18 heavy (non-hydrogen) atoms. The van der Waals surface area contributed by atoms with E-state index in [-0.39, 0.29) is 29.0 Å². The summed E-state index contributed by atoms with van der Waals surface area (Å²) in [5.41, 5.74) is 0. The van der Waals surface area contributed by atoms with Gasteiger partial charge in [-0.1, -0.05) is 34.5 Å². The van der Waals surface area contributed by atoms with E-state index in [0.29, 0.717) is 6.42 Å². The van der Waals surface area contributed by atoms with E-state index < -0.39 is 10.0 Å². The summed E-state index contributed by atoms with van der Waals surface area (Å²) in [6, 6.07) is 4.61. The molecule has 0 aliphatic rings. The van der Waals surface area contributed by atoms with Gasteiger partial charge in [0.15, 0.2) is 0 Å². The molecule has 0 bridgehead atoms. The lowest BCUT2D eigenvalue weighted by Gasteiger charge is -2.12. The summed E-state index contributed by atoms with van der Waals surface area (Å²) in [5.74, 6) is 0.0685. The quantitative estimate of drug-likeness (QED) is 0.822. The predicted octanol–water partition coefficient (Wildman–Crippen LogP) is 2.40. The molecular formula is C11H15BrClNO3S. The number of rotatable bonds is 6. The van der Waals surface area contributed by atoms with E-state index in [4.69, 9.17) is 16.7 Å². The minimum absolute atomic E-state index is 0.0436. The Labute approximate surface area is 121 Å². The molecule has 1 atom stereocenters. The van der Waals surface area contributed by atoms with Gasteiger partial charge in [-0.25, -0.2) is 13.1 Å². The Balaban J connectivity index is 2.80. The lowest BCUT2D eigenvalue weighted by molar-refractivity contribution is 0.263. The highest BCUT2D eigenvalue weighted by molar-refractivity contribution is 9.10. The van der Waals surface area contributed by atoms with Gasteiger partial charge < -0.3 is 5.11 Å². The number of benzene rings is 1. The van der Waals surface area contributed by atoms with Crippen LogP contribution in [-0.4, -0.2) is 26.7 Å². The highest BCUT2D eigenvalue weighted by Gasteiger charge is 2.18. The van der Waals surface area contributed by atoms with Crippen LogP contribution >= 0.6 is 27.5 Å². The molecule has 0 saturated heterocycles. The third-order valence-electron chi connectivity index (χ3n) is 2.43. The number of nitrogens with one attached hydrogen (secondary N) is 1. The molecule has 0 aliphatic carbocycles. The SMILES string of the molecule is CC(CCO)CNS(=O)(=O)c1ccc(Br)cc1Cl. The summed E-state index contributed by atoms with van der Waals surface area (Å²) >= 11 is 9.12. The Morgan fingerprint density at radius 1 is 1.50 bits per heavy atom. The first-order valence-corrected chi connectivity index (χ1v) is 8.08. The van der Waals surface area contributed by atoms with Crippen LogP contribution < -0.4 is 4.72 Å². The average molecular weight is 357 g/mol. The number of aliphatic hydroxyl groups excluding tert-OH is 1. The van der Waals surface area contributed by atoms with Crippen molar-refractivity contribution in [1.29, 1.82) is 0 Å². The zero-order valence-electron chi connectivity index (χ0n) is 9.86. The fourth-order valence-electron chi connectivity index (χ4n) is 1.35. The van der Waals surface area contributed by atoms with Crippen LogP contribution in [0.5, 0.6) is 0 Å². The normalized spacial score (nSPS) is 13.6. The number of hydrogen-bond donors (Lipinski definition) is 2. The molecule has 0 aliphatic heterocycles. The van der Waals surface area contributed by atoms with E-state index >= 15 is 0 Å². The summed E-state index contributed by atoms with van der Waals surface area (Å²) in [7, 11) is -3.61. The van der Waals surface area contributed by atoms with Crippen molar-refractivity contribution in [3.8, 4) is 0 Å². The smallest absolute Gasteiger partial charge is 0.242 e. The second kappa shape index (κ2) is 6.86. The van der Waals surface area contributed by atoms with Gasteiger partial charge in [0.1, 0.15) is 4.90 Å². The van der Waals surface area contributed by atoms with Crippen LogP contribution in [0.1, 0.15) is 13.3 Å². The average Bonchev–Trinajstić information content (AvgIpc) is 2.26. The minimum atomic E-state index is -3.61. The van der Waals surface area contributed by atoms with Gasteiger partial charge in [0.25, 0.3) is 0 Å². The summed E-state index contributed by atoms with van der Waals surface area (Å²) < 4.78 is 27.2. The first kappa shape index (κ1) is 15.9. The molecule has 1 unspecified atom stereocenters. The fourth-order valence-corrected chi connectivity index (χ4v) is 3.55. The van der Waals surface area contributed by atoms with Crippen molar-refractivity contribution >= 4 is 37.6 Å². The maximum Gasteiger partial charge on any atom is 0.242 e. The molecule has 0 saturated carbocycles. The standard InChI is InChI=1S/C11H15BrClNO3S/c1-8(4-5-15)7-14-18(16,17)11-3-2-9(12)6-10(11)13/h2-3,6,8,14-15H,4-5,7H2,1H3. The maximum absolute atomic E-state index is 12.0. The van der Waals surface area contributed by atoms with Crippen LogP contribution in [0.2, 0.25) is 5.02 Å². The Morgan fingerprint density at radius 2 is 2.17 bits per heavy atom. The predicted molar refractivity (Wildman–Crippen MR) is 75.2 cm³/mol. The molecule has 0 amide bonds. The van der Waals surface area contributed by atoms with E-state index in [1.54, 1.807) is 6.07 Å². The molecule has 0 aromatic heterocycles. The van der Waals surface area contributed by atoms with Gasteiger partial charge in [0, 0.05) is 17.6 Å².